The summed E-state index contributed by atoms with van der Waals surface area (Å²) in [4.78, 5) is 0. The number of hydrogen-bond donors (Lipinski definition) is 1. The Morgan fingerprint density at radius 2 is 2.00 bits per heavy atom. The van der Waals surface area contributed by atoms with Crippen molar-refractivity contribution < 1.29 is 22.1 Å². The molecular weight excluding hydrogens is 276 g/mol. The van der Waals surface area contributed by atoms with E-state index in [0.717, 1.165) is 6.07 Å². The van der Waals surface area contributed by atoms with Gasteiger partial charge in [0.1, 0.15) is 5.82 Å². The van der Waals surface area contributed by atoms with Crippen molar-refractivity contribution in [3.63, 3.8) is 0 Å². The van der Waals surface area contributed by atoms with E-state index >= 15 is 0 Å². The predicted octanol–water partition coefficient (Wildman–Crippen LogP) is 4.03. The van der Waals surface area contributed by atoms with Crippen LogP contribution in [0, 0.1) is 5.82 Å². The van der Waals surface area contributed by atoms with Gasteiger partial charge in [0.15, 0.2) is 11.6 Å². The Labute approximate surface area is 112 Å². The van der Waals surface area contributed by atoms with Gasteiger partial charge in [0.25, 0.3) is 0 Å². The molecule has 0 aliphatic rings. The lowest BCUT2D eigenvalue weighted by molar-refractivity contribution is -0.139. The maximum atomic E-state index is 14.0. The molecule has 0 spiro atoms. The van der Waals surface area contributed by atoms with Crippen molar-refractivity contribution in [1.29, 1.82) is 0 Å². The predicted molar refractivity (Wildman–Crippen MR) is 65.3 cm³/mol. The molecule has 0 radical (unpaired) electrons. The lowest BCUT2D eigenvalue weighted by Gasteiger charge is -2.10. The maximum absolute atomic E-state index is 14.0. The van der Waals surface area contributed by atoms with Crippen molar-refractivity contribution in [2.45, 2.75) is 25.9 Å². The lowest BCUT2D eigenvalue weighted by atomic mass is 10.0. The van der Waals surface area contributed by atoms with Crippen LogP contribution >= 0.6 is 0 Å². The van der Waals surface area contributed by atoms with Crippen molar-refractivity contribution in [2.24, 2.45) is 0 Å². The summed E-state index contributed by atoms with van der Waals surface area (Å²) in [6, 6.07) is 3.01. The van der Waals surface area contributed by atoms with Crippen molar-refractivity contribution in [1.82, 2.24) is 5.16 Å². The highest BCUT2D eigenvalue weighted by molar-refractivity contribution is 5.67. The SMILES string of the molecule is CCCc1c(N)noc1-c1cccc(C(F)(F)F)c1F. The quantitative estimate of drug-likeness (QED) is 0.867. The number of anilines is 1. The molecule has 20 heavy (non-hydrogen) atoms. The Balaban J connectivity index is 2.60. The minimum atomic E-state index is -4.77. The molecule has 0 unspecified atom stereocenters. The van der Waals surface area contributed by atoms with Gasteiger partial charge in [-0.15, -0.1) is 0 Å². The first kappa shape index (κ1) is 14.4. The van der Waals surface area contributed by atoms with Crippen LogP contribution in [0.1, 0.15) is 24.5 Å². The number of nitrogens with two attached hydrogens (primary N) is 1. The minimum absolute atomic E-state index is 0.0482. The van der Waals surface area contributed by atoms with Gasteiger partial charge < -0.3 is 10.3 Å². The number of halogens is 4. The summed E-state index contributed by atoms with van der Waals surface area (Å²) in [6.45, 7) is 1.86. The fraction of sp³-hybridized carbons (Fsp3) is 0.308. The van der Waals surface area contributed by atoms with E-state index in [1.165, 1.54) is 6.07 Å². The summed E-state index contributed by atoms with van der Waals surface area (Å²) in [5.41, 5.74) is 4.39. The molecule has 7 heteroatoms. The Kier molecular flexibility index (Phi) is 3.69. The number of alkyl halides is 3. The van der Waals surface area contributed by atoms with E-state index < -0.39 is 17.6 Å². The molecule has 0 saturated carbocycles. The molecule has 3 nitrogen and oxygen atoms in total. The Bertz CT molecular complexity index is 619. The largest absolute Gasteiger partial charge is 0.419 e. The van der Waals surface area contributed by atoms with Gasteiger partial charge in [0.2, 0.25) is 0 Å². The normalized spacial score (nSPS) is 11.8. The average Bonchev–Trinajstić information content (AvgIpc) is 2.71. The van der Waals surface area contributed by atoms with Gasteiger partial charge in [-0.25, -0.2) is 4.39 Å². The van der Waals surface area contributed by atoms with E-state index in [1.54, 1.807) is 0 Å². The molecule has 0 amide bonds. The molecule has 1 aromatic carbocycles. The van der Waals surface area contributed by atoms with Crippen LogP contribution in [0.3, 0.4) is 0 Å². The summed E-state index contributed by atoms with van der Waals surface area (Å²) in [5, 5.41) is 3.50. The van der Waals surface area contributed by atoms with E-state index in [9.17, 15) is 17.6 Å². The highest BCUT2D eigenvalue weighted by Crippen LogP contribution is 2.37. The van der Waals surface area contributed by atoms with Gasteiger partial charge in [-0.2, -0.15) is 13.2 Å². The standard InChI is InChI=1S/C13H12F4N2O/c1-2-4-8-11(20-19-12(8)18)7-5-3-6-9(10(7)14)13(15,16)17/h3,5-6H,2,4H2,1H3,(H2,18,19). The molecule has 108 valence electrons. The molecule has 2 aromatic rings. The number of benzene rings is 1. The molecular formula is C13H12F4N2O. The number of rotatable bonds is 3. The van der Waals surface area contributed by atoms with Gasteiger partial charge >= 0.3 is 6.18 Å². The average molecular weight is 288 g/mol. The van der Waals surface area contributed by atoms with Crippen molar-refractivity contribution in [3.8, 4) is 11.3 Å². The number of aromatic nitrogens is 1. The van der Waals surface area contributed by atoms with Crippen LogP contribution in [0.15, 0.2) is 22.7 Å². The van der Waals surface area contributed by atoms with Crippen molar-refractivity contribution >= 4 is 5.82 Å². The molecule has 0 atom stereocenters. The van der Waals surface area contributed by atoms with Crippen LogP contribution in [-0.4, -0.2) is 5.16 Å². The Morgan fingerprint density at radius 1 is 1.30 bits per heavy atom. The maximum Gasteiger partial charge on any atom is 0.419 e. The summed E-state index contributed by atoms with van der Waals surface area (Å²) in [7, 11) is 0. The van der Waals surface area contributed by atoms with E-state index in [2.05, 4.69) is 5.16 Å². The second-order valence-electron chi connectivity index (χ2n) is 4.29. The number of nitrogens with zero attached hydrogens (tertiary/aromatic N) is 1. The fourth-order valence-corrected chi connectivity index (χ4v) is 1.95. The van der Waals surface area contributed by atoms with Crippen LogP contribution in [0.25, 0.3) is 11.3 Å². The monoisotopic (exact) mass is 288 g/mol. The topological polar surface area (TPSA) is 52.0 Å². The summed E-state index contributed by atoms with van der Waals surface area (Å²) < 4.78 is 57.0. The number of nitrogen functional groups attached to an aromatic ring is 1. The molecule has 0 bridgehead atoms. The highest BCUT2D eigenvalue weighted by Gasteiger charge is 2.35. The first-order chi connectivity index (χ1) is 9.36. The molecule has 0 fully saturated rings. The van der Waals surface area contributed by atoms with Crippen molar-refractivity contribution in [2.75, 3.05) is 5.73 Å². The summed E-state index contributed by atoms with van der Waals surface area (Å²) >= 11 is 0. The van der Waals surface area contributed by atoms with Gasteiger partial charge in [-0.3, -0.25) is 0 Å². The van der Waals surface area contributed by atoms with E-state index in [-0.39, 0.29) is 17.1 Å². The third-order valence-electron chi connectivity index (χ3n) is 2.87. The zero-order valence-electron chi connectivity index (χ0n) is 10.6. The van der Waals surface area contributed by atoms with Gasteiger partial charge in [0, 0.05) is 5.56 Å². The van der Waals surface area contributed by atoms with Gasteiger partial charge in [-0.05, 0) is 18.6 Å². The molecule has 1 heterocycles. The van der Waals surface area contributed by atoms with E-state index in [4.69, 9.17) is 10.3 Å². The lowest BCUT2D eigenvalue weighted by Crippen LogP contribution is -2.09. The summed E-state index contributed by atoms with van der Waals surface area (Å²) in [6.07, 6.45) is -3.64. The second kappa shape index (κ2) is 5.15. The number of hydrogen-bond acceptors (Lipinski definition) is 3. The van der Waals surface area contributed by atoms with E-state index in [0.29, 0.717) is 24.5 Å². The third-order valence-corrected chi connectivity index (χ3v) is 2.87. The highest BCUT2D eigenvalue weighted by atomic mass is 19.4. The van der Waals surface area contributed by atoms with Gasteiger partial charge in [0.05, 0.1) is 11.1 Å². The van der Waals surface area contributed by atoms with Crippen LogP contribution in [0.2, 0.25) is 0 Å². The Hall–Kier alpha value is -2.05. The summed E-state index contributed by atoms with van der Waals surface area (Å²) in [5.74, 6) is -1.36. The zero-order valence-corrected chi connectivity index (χ0v) is 10.6. The Morgan fingerprint density at radius 3 is 2.60 bits per heavy atom. The van der Waals surface area contributed by atoms with Crippen LogP contribution in [0.4, 0.5) is 23.4 Å². The molecule has 2 N–H and O–H groups in total. The molecule has 0 saturated heterocycles. The smallest absolute Gasteiger partial charge is 0.381 e. The van der Waals surface area contributed by atoms with Crippen LogP contribution in [-0.2, 0) is 12.6 Å². The fourth-order valence-electron chi connectivity index (χ4n) is 1.95. The second-order valence-corrected chi connectivity index (χ2v) is 4.29. The molecule has 2 rings (SSSR count). The van der Waals surface area contributed by atoms with Crippen molar-refractivity contribution in [3.05, 3.63) is 35.1 Å². The molecule has 1 aromatic heterocycles. The molecule has 0 aliphatic heterocycles. The zero-order chi connectivity index (χ0) is 14.9. The van der Waals surface area contributed by atoms with Crippen LogP contribution in [0.5, 0.6) is 0 Å². The van der Waals surface area contributed by atoms with Crippen LogP contribution < -0.4 is 5.73 Å². The molecule has 0 aliphatic carbocycles. The van der Waals surface area contributed by atoms with Gasteiger partial charge in [-0.1, -0.05) is 24.6 Å². The first-order valence-corrected chi connectivity index (χ1v) is 5.96. The van der Waals surface area contributed by atoms with E-state index in [1.807, 2.05) is 6.92 Å². The minimum Gasteiger partial charge on any atom is -0.381 e. The third kappa shape index (κ3) is 2.48. The first-order valence-electron chi connectivity index (χ1n) is 5.96.